The number of anilines is 1. The number of nitrogens with zero attached hydrogens (tertiary/aromatic N) is 3. The Balaban J connectivity index is 1.17. The standard InChI is InChI=1S/C24H24FN3O3S/c1-15-5-7-17(8-6-15)28-14-16(13-21(28)29)23(30)27-11-9-18(10-12-27)31-24-26-22-19(25)3-2-4-20(22)32-24/h2-8,16,18H,9-14H2,1H3. The molecular weight excluding hydrogens is 429 g/mol. The summed E-state index contributed by atoms with van der Waals surface area (Å²) in [4.78, 5) is 33.4. The first kappa shape index (κ1) is 20.9. The first-order chi connectivity index (χ1) is 15.5. The van der Waals surface area contributed by atoms with Gasteiger partial charge in [-0.15, -0.1) is 0 Å². The highest BCUT2D eigenvalue weighted by Gasteiger charge is 2.38. The highest BCUT2D eigenvalue weighted by molar-refractivity contribution is 7.20. The number of amides is 2. The molecule has 2 aromatic carbocycles. The van der Waals surface area contributed by atoms with Gasteiger partial charge in [0.05, 0.1) is 10.6 Å². The van der Waals surface area contributed by atoms with E-state index in [2.05, 4.69) is 4.98 Å². The van der Waals surface area contributed by atoms with Crippen LogP contribution in [0.4, 0.5) is 10.1 Å². The quantitative estimate of drug-likeness (QED) is 0.595. The lowest BCUT2D eigenvalue weighted by atomic mass is 10.0. The molecule has 5 rings (SSSR count). The van der Waals surface area contributed by atoms with E-state index in [1.165, 1.54) is 17.4 Å². The second-order valence-electron chi connectivity index (χ2n) is 8.45. The van der Waals surface area contributed by atoms with Crippen molar-refractivity contribution >= 4 is 39.1 Å². The number of aryl methyl sites for hydroxylation is 1. The van der Waals surface area contributed by atoms with E-state index in [0.29, 0.717) is 43.2 Å². The van der Waals surface area contributed by atoms with Crippen LogP contribution in [0.5, 0.6) is 5.19 Å². The number of thiazole rings is 1. The van der Waals surface area contributed by atoms with E-state index in [9.17, 15) is 14.0 Å². The molecule has 8 heteroatoms. The largest absolute Gasteiger partial charge is 0.467 e. The zero-order valence-electron chi connectivity index (χ0n) is 17.8. The van der Waals surface area contributed by atoms with Crippen molar-refractivity contribution in [3.05, 3.63) is 53.8 Å². The maximum Gasteiger partial charge on any atom is 0.274 e. The van der Waals surface area contributed by atoms with Gasteiger partial charge >= 0.3 is 0 Å². The van der Waals surface area contributed by atoms with Crippen LogP contribution >= 0.6 is 11.3 Å². The summed E-state index contributed by atoms with van der Waals surface area (Å²) in [5, 5.41) is 0.463. The first-order valence-corrected chi connectivity index (χ1v) is 11.7. The molecule has 0 aliphatic carbocycles. The predicted molar refractivity (Wildman–Crippen MR) is 121 cm³/mol. The summed E-state index contributed by atoms with van der Waals surface area (Å²) < 4.78 is 20.6. The molecule has 3 aromatic rings. The maximum atomic E-state index is 13.9. The normalized spacial score (nSPS) is 19.7. The Labute approximate surface area is 189 Å². The van der Waals surface area contributed by atoms with Crippen LogP contribution in [0.2, 0.25) is 0 Å². The second kappa shape index (κ2) is 8.50. The number of halogens is 1. The second-order valence-corrected chi connectivity index (χ2v) is 9.44. The number of fused-ring (bicyclic) bond motifs is 1. The van der Waals surface area contributed by atoms with Gasteiger partial charge in [0.2, 0.25) is 11.8 Å². The van der Waals surface area contributed by atoms with E-state index >= 15 is 0 Å². The Hall–Kier alpha value is -3.00. The summed E-state index contributed by atoms with van der Waals surface area (Å²) in [7, 11) is 0. The van der Waals surface area contributed by atoms with Crippen LogP contribution in [-0.4, -0.2) is 47.4 Å². The van der Waals surface area contributed by atoms with E-state index in [0.717, 1.165) is 16.0 Å². The molecule has 0 spiro atoms. The van der Waals surface area contributed by atoms with Gasteiger partial charge in [-0.05, 0) is 31.2 Å². The van der Waals surface area contributed by atoms with Gasteiger partial charge in [0, 0.05) is 44.6 Å². The molecule has 32 heavy (non-hydrogen) atoms. The minimum absolute atomic E-state index is 0.00603. The van der Waals surface area contributed by atoms with Crippen molar-refractivity contribution in [3.8, 4) is 5.19 Å². The fourth-order valence-corrected chi connectivity index (χ4v) is 5.28. The van der Waals surface area contributed by atoms with Crippen LogP contribution in [-0.2, 0) is 9.59 Å². The maximum absolute atomic E-state index is 13.9. The molecule has 1 aromatic heterocycles. The van der Waals surface area contributed by atoms with Crippen LogP contribution in [0.15, 0.2) is 42.5 Å². The van der Waals surface area contributed by atoms with Crippen LogP contribution in [0.3, 0.4) is 0 Å². The molecule has 2 aliphatic heterocycles. The Morgan fingerprint density at radius 2 is 1.91 bits per heavy atom. The third-order valence-electron chi connectivity index (χ3n) is 6.19. The molecule has 0 bridgehead atoms. The number of ether oxygens (including phenoxy) is 1. The third kappa shape index (κ3) is 4.07. The van der Waals surface area contributed by atoms with Crippen molar-refractivity contribution in [1.82, 2.24) is 9.88 Å². The molecule has 3 heterocycles. The number of aromatic nitrogens is 1. The zero-order valence-corrected chi connectivity index (χ0v) is 18.6. The number of likely N-dealkylation sites (tertiary alicyclic amines) is 1. The molecule has 1 atom stereocenters. The molecule has 6 nitrogen and oxygen atoms in total. The van der Waals surface area contributed by atoms with E-state index < -0.39 is 0 Å². The van der Waals surface area contributed by atoms with E-state index in [1.807, 2.05) is 42.2 Å². The van der Waals surface area contributed by atoms with Crippen molar-refractivity contribution in [3.63, 3.8) is 0 Å². The van der Waals surface area contributed by atoms with E-state index in [-0.39, 0.29) is 36.1 Å². The summed E-state index contributed by atoms with van der Waals surface area (Å²) in [5.74, 6) is -0.629. The molecule has 1 unspecified atom stereocenters. The highest BCUT2D eigenvalue weighted by Crippen LogP contribution is 2.32. The van der Waals surface area contributed by atoms with E-state index in [4.69, 9.17) is 4.74 Å². The van der Waals surface area contributed by atoms with Crippen LogP contribution < -0.4 is 9.64 Å². The Morgan fingerprint density at radius 3 is 2.62 bits per heavy atom. The van der Waals surface area contributed by atoms with Crippen LogP contribution in [0.25, 0.3) is 10.2 Å². The average Bonchev–Trinajstić information content (AvgIpc) is 3.38. The lowest BCUT2D eigenvalue weighted by Crippen LogP contribution is -2.44. The monoisotopic (exact) mass is 453 g/mol. The number of carbonyl (C=O) groups is 2. The molecule has 0 N–H and O–H groups in total. The van der Waals surface area contributed by atoms with Crippen molar-refractivity contribution in [2.24, 2.45) is 5.92 Å². The van der Waals surface area contributed by atoms with Gasteiger partial charge in [0.15, 0.2) is 0 Å². The van der Waals surface area contributed by atoms with Crippen molar-refractivity contribution in [2.45, 2.75) is 32.3 Å². The SMILES string of the molecule is Cc1ccc(N2CC(C(=O)N3CCC(Oc4nc5c(F)cccc5s4)CC3)CC2=O)cc1. The predicted octanol–water partition coefficient (Wildman–Crippen LogP) is 4.17. The molecule has 0 saturated carbocycles. The van der Waals surface area contributed by atoms with Crippen molar-refractivity contribution in [1.29, 1.82) is 0 Å². The zero-order chi connectivity index (χ0) is 22.2. The molecule has 2 saturated heterocycles. The fraction of sp³-hybridized carbons (Fsp3) is 0.375. The number of carbonyl (C=O) groups excluding carboxylic acids is 2. The Morgan fingerprint density at radius 1 is 1.16 bits per heavy atom. The summed E-state index contributed by atoms with van der Waals surface area (Å²) in [6.45, 7) is 3.59. The molecule has 2 amide bonds. The number of hydrogen-bond donors (Lipinski definition) is 0. The summed E-state index contributed by atoms with van der Waals surface area (Å²) in [5.41, 5.74) is 2.31. The topological polar surface area (TPSA) is 62.7 Å². The third-order valence-corrected chi connectivity index (χ3v) is 7.10. The average molecular weight is 454 g/mol. The summed E-state index contributed by atoms with van der Waals surface area (Å²) >= 11 is 1.33. The fourth-order valence-electron chi connectivity index (χ4n) is 4.39. The number of piperidine rings is 1. The molecule has 0 radical (unpaired) electrons. The number of rotatable bonds is 4. The van der Waals surface area contributed by atoms with Crippen molar-refractivity contribution in [2.75, 3.05) is 24.5 Å². The lowest BCUT2D eigenvalue weighted by molar-refractivity contribution is -0.137. The van der Waals surface area contributed by atoms with Crippen LogP contribution in [0.1, 0.15) is 24.8 Å². The number of para-hydroxylation sites is 1. The molecule has 2 fully saturated rings. The van der Waals surface area contributed by atoms with Crippen molar-refractivity contribution < 1.29 is 18.7 Å². The molecule has 166 valence electrons. The van der Waals surface area contributed by atoms with E-state index in [1.54, 1.807) is 11.0 Å². The Kier molecular flexibility index (Phi) is 5.55. The van der Waals surface area contributed by atoms with Crippen LogP contribution in [0, 0.1) is 18.7 Å². The van der Waals surface area contributed by atoms with Gasteiger partial charge < -0.3 is 14.5 Å². The smallest absolute Gasteiger partial charge is 0.274 e. The van der Waals surface area contributed by atoms with Gasteiger partial charge in [-0.1, -0.05) is 35.1 Å². The number of benzene rings is 2. The summed E-state index contributed by atoms with van der Waals surface area (Å²) in [6.07, 6.45) is 1.57. The van der Waals surface area contributed by atoms with Gasteiger partial charge in [-0.2, -0.15) is 4.98 Å². The van der Waals surface area contributed by atoms with Gasteiger partial charge in [-0.3, -0.25) is 9.59 Å². The summed E-state index contributed by atoms with van der Waals surface area (Å²) in [6, 6.07) is 12.7. The molecule has 2 aliphatic rings. The molecular formula is C24H24FN3O3S. The lowest BCUT2D eigenvalue weighted by Gasteiger charge is -2.33. The highest BCUT2D eigenvalue weighted by atomic mass is 32.1. The van der Waals surface area contributed by atoms with Gasteiger partial charge in [0.25, 0.3) is 5.19 Å². The number of hydrogen-bond acceptors (Lipinski definition) is 5. The first-order valence-electron chi connectivity index (χ1n) is 10.9. The minimum Gasteiger partial charge on any atom is -0.467 e. The minimum atomic E-state index is -0.347. The Bertz CT molecular complexity index is 1160. The van der Waals surface area contributed by atoms with Gasteiger partial charge in [0.1, 0.15) is 17.4 Å². The van der Waals surface area contributed by atoms with Gasteiger partial charge in [-0.25, -0.2) is 4.39 Å².